The second kappa shape index (κ2) is 20.6. The lowest BCUT2D eigenvalue weighted by Crippen LogP contribution is -2.16. The molecule has 2 nitrogen and oxygen atoms in total. The molecule has 0 unspecified atom stereocenters. The van der Waals surface area contributed by atoms with Crippen LogP contribution in [0, 0.1) is 0 Å². The van der Waals surface area contributed by atoms with Crippen LogP contribution in [0.25, 0.3) is 121 Å². The summed E-state index contributed by atoms with van der Waals surface area (Å²) in [5, 5.41) is 11.9. The van der Waals surface area contributed by atoms with E-state index in [1.807, 2.05) is 0 Å². The second-order valence-electron chi connectivity index (χ2n) is 26.3. The molecule has 0 bridgehead atoms. The summed E-state index contributed by atoms with van der Waals surface area (Å²) in [7, 11) is 0. The topological polar surface area (TPSA) is 6.48 Å². The minimum absolute atomic E-state index is 0.161. The van der Waals surface area contributed by atoms with Crippen LogP contribution in [0.3, 0.4) is 0 Å². The van der Waals surface area contributed by atoms with Gasteiger partial charge in [0.05, 0.1) is 22.7 Å². The maximum atomic E-state index is 2.61. The number of rotatable bonds is 10. The van der Waals surface area contributed by atoms with E-state index < -0.39 is 0 Å². The molecule has 0 N–H and O–H groups in total. The summed E-state index contributed by atoms with van der Waals surface area (Å²) < 4.78 is 0. The quantitative estimate of drug-likeness (QED) is 0.126. The van der Waals surface area contributed by atoms with Crippen molar-refractivity contribution in [3.05, 3.63) is 338 Å². The van der Waals surface area contributed by atoms with Crippen molar-refractivity contribution in [3.8, 4) is 66.8 Å². The summed E-state index contributed by atoms with van der Waals surface area (Å²) in [5.74, 6) is 0. The predicted molar refractivity (Wildman–Crippen MR) is 391 cm³/mol. The lowest BCUT2D eigenvalue weighted by Gasteiger charge is -2.33. The molecular formula is C90H64N2. The highest BCUT2D eigenvalue weighted by molar-refractivity contribution is 6.29. The average Bonchev–Trinajstić information content (AvgIpc) is 0.976. The van der Waals surface area contributed by atoms with Crippen LogP contribution in [0.4, 0.5) is 34.1 Å². The Morgan fingerprint density at radius 1 is 0.217 bits per heavy atom. The summed E-state index contributed by atoms with van der Waals surface area (Å²) in [4.78, 5) is 5.23. The molecule has 16 aromatic carbocycles. The Labute approximate surface area is 537 Å². The van der Waals surface area contributed by atoms with Crippen molar-refractivity contribution >= 4 is 88.0 Å². The van der Waals surface area contributed by atoms with Crippen molar-refractivity contribution in [1.82, 2.24) is 0 Å². The average molecular weight is 1170 g/mol. The van der Waals surface area contributed by atoms with Crippen LogP contribution in [0.2, 0.25) is 0 Å². The molecule has 2 aliphatic rings. The monoisotopic (exact) mass is 1170 g/mol. The number of hydrogen-bond donors (Lipinski definition) is 0. The summed E-state index contributed by atoms with van der Waals surface area (Å²) in [5.41, 5.74) is 26.3. The van der Waals surface area contributed by atoms with Crippen LogP contribution in [0.15, 0.2) is 315 Å². The number of anilines is 6. The van der Waals surface area contributed by atoms with Gasteiger partial charge in [-0.2, -0.15) is 0 Å². The zero-order chi connectivity index (χ0) is 61.4. The number of benzene rings is 16. The van der Waals surface area contributed by atoms with Gasteiger partial charge in [-0.05, 0) is 159 Å². The minimum atomic E-state index is -0.161. The Morgan fingerprint density at radius 2 is 0.554 bits per heavy atom. The van der Waals surface area contributed by atoms with E-state index in [1.54, 1.807) is 0 Å². The van der Waals surface area contributed by atoms with Crippen molar-refractivity contribution < 1.29 is 0 Å². The van der Waals surface area contributed by atoms with Gasteiger partial charge in [-0.1, -0.05) is 295 Å². The predicted octanol–water partition coefficient (Wildman–Crippen LogP) is 25.1. The fourth-order valence-electron chi connectivity index (χ4n) is 16.0. The van der Waals surface area contributed by atoms with Crippen molar-refractivity contribution in [2.75, 3.05) is 9.80 Å². The first kappa shape index (κ1) is 53.7. The minimum Gasteiger partial charge on any atom is -0.309 e. The van der Waals surface area contributed by atoms with Gasteiger partial charge in [-0.25, -0.2) is 0 Å². The molecule has 0 saturated heterocycles. The molecule has 2 aliphatic carbocycles. The van der Waals surface area contributed by atoms with Gasteiger partial charge < -0.3 is 9.80 Å². The SMILES string of the molecule is CC1(C)c2ccccc2-c2cc(N(c3c(-c4ccccc4)ccc4ccc(-c5ccccc5)cc34)c3ccc4ccc5c(N(c6ccc7c(c6)-c6ccccc6C7(C)C)c6c(-c7ccccc7)ccc7ccc(-c8ccccc8)cc67)ccc6ccc3c4c65)ccc21. The second-order valence-corrected chi connectivity index (χ2v) is 26.3. The zero-order valence-electron chi connectivity index (χ0n) is 51.9. The first-order valence-electron chi connectivity index (χ1n) is 32.3. The third-order valence-electron chi connectivity index (χ3n) is 20.6. The van der Waals surface area contributed by atoms with E-state index in [0.29, 0.717) is 0 Å². The van der Waals surface area contributed by atoms with Gasteiger partial charge in [0, 0.05) is 54.9 Å². The van der Waals surface area contributed by atoms with E-state index in [-0.39, 0.29) is 10.8 Å². The van der Waals surface area contributed by atoms with Crippen LogP contribution in [-0.2, 0) is 10.8 Å². The van der Waals surface area contributed by atoms with Crippen molar-refractivity contribution in [2.24, 2.45) is 0 Å². The molecule has 0 radical (unpaired) electrons. The molecule has 0 saturated carbocycles. The zero-order valence-corrected chi connectivity index (χ0v) is 51.9. The Hall–Kier alpha value is -11.3. The van der Waals surface area contributed by atoms with E-state index in [4.69, 9.17) is 0 Å². The maximum absolute atomic E-state index is 2.61. The summed E-state index contributed by atoms with van der Waals surface area (Å²) in [6.45, 7) is 9.51. The molecule has 92 heavy (non-hydrogen) atoms. The molecular weight excluding hydrogens is 1110 g/mol. The molecule has 0 atom stereocenters. The standard InChI is InChI=1S/C90H64N2/c1-89(2)79-31-19-17-29-71(79)77-55-67(43-49-81(77)89)91(87-69(59-25-13-7-14-26-59)45-37-61-33-35-65(53-75(61)87)57-21-9-5-10-22-57)83-51-41-63-40-48-74-84(52-42-64-39-47-73(83)85(63)86(64)74)92(68-44-50-82-78(56-68)72-30-18-20-32-80(72)90(82,3)4)88-70(60-27-15-8-16-28-60)46-38-62-34-36-66(54-76(62)88)58-23-11-6-12-24-58/h5-56H,1-4H3. The Balaban J connectivity index is 0.939. The third kappa shape index (κ3) is 8.20. The molecule has 0 aliphatic heterocycles. The van der Waals surface area contributed by atoms with Crippen LogP contribution in [0.5, 0.6) is 0 Å². The molecule has 0 heterocycles. The van der Waals surface area contributed by atoms with Crippen molar-refractivity contribution in [1.29, 1.82) is 0 Å². The Bertz CT molecular complexity index is 5270. The van der Waals surface area contributed by atoms with Crippen LogP contribution in [-0.4, -0.2) is 0 Å². The van der Waals surface area contributed by atoms with E-state index >= 15 is 0 Å². The van der Waals surface area contributed by atoms with E-state index in [9.17, 15) is 0 Å². The highest BCUT2D eigenvalue weighted by Crippen LogP contribution is 2.57. The molecule has 434 valence electrons. The van der Waals surface area contributed by atoms with Gasteiger partial charge in [0.1, 0.15) is 0 Å². The van der Waals surface area contributed by atoms with Crippen LogP contribution < -0.4 is 9.80 Å². The van der Waals surface area contributed by atoms with E-state index in [1.165, 1.54) is 121 Å². The van der Waals surface area contributed by atoms with Crippen LogP contribution >= 0.6 is 0 Å². The normalized spacial score (nSPS) is 13.4. The van der Waals surface area contributed by atoms with Gasteiger partial charge in [-0.15, -0.1) is 0 Å². The van der Waals surface area contributed by atoms with Gasteiger partial charge in [0.15, 0.2) is 0 Å². The van der Waals surface area contributed by atoms with E-state index in [2.05, 4.69) is 353 Å². The fraction of sp³-hybridized carbons (Fsp3) is 0.0667. The van der Waals surface area contributed by atoms with Gasteiger partial charge in [0.2, 0.25) is 0 Å². The highest BCUT2D eigenvalue weighted by atomic mass is 15.2. The van der Waals surface area contributed by atoms with Gasteiger partial charge in [0.25, 0.3) is 0 Å². The number of fused-ring (bicyclic) bond motifs is 8. The molecule has 0 spiro atoms. The summed E-state index contributed by atoms with van der Waals surface area (Å²) in [6, 6.07) is 119. The Kier molecular flexibility index (Phi) is 12.0. The largest absolute Gasteiger partial charge is 0.309 e. The molecule has 0 fully saturated rings. The lowest BCUT2D eigenvalue weighted by molar-refractivity contribution is 0.660. The molecule has 18 rings (SSSR count). The smallest absolute Gasteiger partial charge is 0.0618 e. The molecule has 2 heteroatoms. The summed E-state index contributed by atoms with van der Waals surface area (Å²) >= 11 is 0. The first-order valence-corrected chi connectivity index (χ1v) is 32.3. The molecule has 0 aromatic heterocycles. The highest BCUT2D eigenvalue weighted by Gasteiger charge is 2.38. The molecule has 0 amide bonds. The van der Waals surface area contributed by atoms with Crippen molar-refractivity contribution in [2.45, 2.75) is 38.5 Å². The van der Waals surface area contributed by atoms with Gasteiger partial charge >= 0.3 is 0 Å². The number of nitrogens with zero attached hydrogens (tertiary/aromatic N) is 2. The van der Waals surface area contributed by atoms with Gasteiger partial charge in [-0.3, -0.25) is 0 Å². The first-order chi connectivity index (χ1) is 45.2. The van der Waals surface area contributed by atoms with E-state index in [0.717, 1.165) is 56.4 Å². The fourth-order valence-corrected chi connectivity index (χ4v) is 16.0. The van der Waals surface area contributed by atoms with Crippen molar-refractivity contribution in [3.63, 3.8) is 0 Å². The van der Waals surface area contributed by atoms with Crippen LogP contribution in [0.1, 0.15) is 49.9 Å². The maximum Gasteiger partial charge on any atom is 0.0618 e. The Morgan fingerprint density at radius 3 is 0.967 bits per heavy atom. The summed E-state index contributed by atoms with van der Waals surface area (Å²) in [6.07, 6.45) is 0. The lowest BCUT2D eigenvalue weighted by atomic mass is 9.82. The third-order valence-corrected chi connectivity index (χ3v) is 20.6. The number of hydrogen-bond acceptors (Lipinski definition) is 2. The molecule has 16 aromatic rings.